The number of rotatable bonds is 9. The molecule has 3 aromatic heterocycles. The number of benzene rings is 12. The molecule has 2 N–H and O–H groups in total. The number of para-hydroxylation sites is 2. The molecule has 15 aromatic rings. The molecule has 0 amide bonds. The summed E-state index contributed by atoms with van der Waals surface area (Å²) in [7, 11) is -1.51. The Morgan fingerprint density at radius 2 is 0.602 bits per heavy atom. The third-order valence-corrected chi connectivity index (χ3v) is 17.9. The molecule has 0 bridgehead atoms. The van der Waals surface area contributed by atoms with Crippen LogP contribution in [0.25, 0.3) is 135 Å². The molecule has 12 heteroatoms. The molecule has 0 saturated carbocycles. The SMILES string of the molecule is Brc1ccc(-c2nc(-c3ccccc3)nc(-c3ccc(Br)cc3)n2)cc1.C.OB(O)c1cccc2c1oc1ccccc12.c1ccc(-c2nc(-c3ccc(-c4cccc5c4Cc4ccccc4-5)cc3)nc(-c3ccc(-c4cccc5c4Cc4ccccc4-5)cc3)n2)cc1. The van der Waals surface area contributed by atoms with Gasteiger partial charge in [0.2, 0.25) is 0 Å². The van der Waals surface area contributed by atoms with E-state index in [0.717, 1.165) is 71.5 Å². The predicted octanol–water partition coefficient (Wildman–Crippen LogP) is 19.6. The average molecular weight is 1330 g/mol. The van der Waals surface area contributed by atoms with Gasteiger partial charge in [0.25, 0.3) is 0 Å². The minimum absolute atomic E-state index is 0. The summed E-state index contributed by atoms with van der Waals surface area (Å²) in [6.45, 7) is 0. The van der Waals surface area contributed by atoms with Crippen LogP contribution in [0.3, 0.4) is 0 Å². The van der Waals surface area contributed by atoms with Crippen LogP contribution in [0.5, 0.6) is 0 Å². The Kier molecular flexibility index (Phi) is 17.0. The van der Waals surface area contributed by atoms with Gasteiger partial charge in [-0.2, -0.15) is 0 Å². The molecule has 2 aliphatic rings. The van der Waals surface area contributed by atoms with E-state index < -0.39 is 7.12 Å². The van der Waals surface area contributed by atoms with E-state index >= 15 is 0 Å². The lowest BCUT2D eigenvalue weighted by atomic mass is 9.79. The highest BCUT2D eigenvalue weighted by Gasteiger charge is 2.24. The lowest BCUT2D eigenvalue weighted by Gasteiger charge is -2.12. The monoisotopic (exact) mass is 1330 g/mol. The summed E-state index contributed by atoms with van der Waals surface area (Å²) in [4.78, 5) is 29.1. The summed E-state index contributed by atoms with van der Waals surface area (Å²) in [5, 5.41) is 20.4. The van der Waals surface area contributed by atoms with E-state index in [2.05, 4.69) is 177 Å². The summed E-state index contributed by atoms with van der Waals surface area (Å²) in [6.07, 6.45) is 1.92. The number of hydrogen-bond donors (Lipinski definition) is 2. The second-order valence-electron chi connectivity index (χ2n) is 22.5. The number of fused-ring (bicyclic) bond motifs is 9. The molecule has 2 aliphatic carbocycles. The minimum Gasteiger partial charge on any atom is -0.456 e. The fourth-order valence-electron chi connectivity index (χ4n) is 12.3. The first kappa shape index (κ1) is 60.0. The number of furan rings is 1. The number of nitrogens with zero attached hydrogens (tertiary/aromatic N) is 6. The molecule has 0 saturated heterocycles. The van der Waals surface area contributed by atoms with E-state index in [1.54, 1.807) is 12.1 Å². The first-order chi connectivity index (χ1) is 45.2. The average Bonchev–Trinajstić information content (AvgIpc) is 1.46. The van der Waals surface area contributed by atoms with Gasteiger partial charge in [-0.05, 0) is 110 Å². The summed E-state index contributed by atoms with van der Waals surface area (Å²) in [5.41, 5.74) is 23.3. The second kappa shape index (κ2) is 26.3. The Balaban J connectivity index is 0.000000144. The molecular weight excluding hydrogens is 1280 g/mol. The topological polar surface area (TPSA) is 131 Å². The molecule has 0 unspecified atom stereocenters. The largest absolute Gasteiger partial charge is 0.492 e. The van der Waals surface area contributed by atoms with Crippen LogP contribution in [0.4, 0.5) is 0 Å². The van der Waals surface area contributed by atoms with Crippen molar-refractivity contribution in [2.45, 2.75) is 20.3 Å². The van der Waals surface area contributed by atoms with Crippen molar-refractivity contribution >= 4 is 66.4 Å². The van der Waals surface area contributed by atoms with Crippen LogP contribution in [0.1, 0.15) is 29.7 Å². The summed E-state index contributed by atoms with van der Waals surface area (Å²) in [6, 6.07) is 97.2. The lowest BCUT2D eigenvalue weighted by Crippen LogP contribution is -2.29. The van der Waals surface area contributed by atoms with Crippen LogP contribution in [-0.4, -0.2) is 47.1 Å². The fourth-order valence-corrected chi connectivity index (χ4v) is 12.9. The molecule has 3 heterocycles. The van der Waals surface area contributed by atoms with Crippen LogP contribution < -0.4 is 5.46 Å². The van der Waals surface area contributed by atoms with E-state index in [0.29, 0.717) is 46.0 Å². The van der Waals surface area contributed by atoms with E-state index in [1.807, 2.05) is 127 Å². The van der Waals surface area contributed by atoms with E-state index in [4.69, 9.17) is 34.3 Å². The summed E-state index contributed by atoms with van der Waals surface area (Å²) in [5.74, 6) is 3.96. The van der Waals surface area contributed by atoms with E-state index in [9.17, 15) is 10.0 Å². The van der Waals surface area contributed by atoms with Crippen molar-refractivity contribution in [3.63, 3.8) is 0 Å². The Morgan fingerprint density at radius 1 is 0.290 bits per heavy atom. The minimum atomic E-state index is -1.51. The van der Waals surface area contributed by atoms with E-state index in [1.165, 1.54) is 66.8 Å². The molecule has 0 atom stereocenters. The third kappa shape index (κ3) is 12.3. The van der Waals surface area contributed by atoms with Crippen LogP contribution in [0, 0.1) is 0 Å². The first-order valence-electron chi connectivity index (χ1n) is 30.3. The Hall–Kier alpha value is -10.6. The molecule has 93 heavy (non-hydrogen) atoms. The van der Waals surface area contributed by atoms with Crippen LogP contribution in [-0.2, 0) is 12.8 Å². The van der Waals surface area contributed by atoms with Crippen molar-refractivity contribution in [1.82, 2.24) is 29.9 Å². The van der Waals surface area contributed by atoms with Crippen LogP contribution >= 0.6 is 31.9 Å². The highest BCUT2D eigenvalue weighted by atomic mass is 79.9. The van der Waals surface area contributed by atoms with Gasteiger partial charge in [0.05, 0.1) is 0 Å². The van der Waals surface area contributed by atoms with Gasteiger partial charge in [0, 0.05) is 58.6 Å². The Morgan fingerprint density at radius 3 is 1.02 bits per heavy atom. The molecule has 0 aliphatic heterocycles. The van der Waals surface area contributed by atoms with Gasteiger partial charge in [0.15, 0.2) is 34.9 Å². The maximum absolute atomic E-state index is 9.24. The second-order valence-corrected chi connectivity index (χ2v) is 24.4. The zero-order valence-corrected chi connectivity index (χ0v) is 52.5. The normalized spacial score (nSPS) is 11.5. The number of hydrogen-bond acceptors (Lipinski definition) is 9. The number of aromatic nitrogens is 6. The van der Waals surface area contributed by atoms with Crippen LogP contribution in [0.2, 0.25) is 0 Å². The van der Waals surface area contributed by atoms with Gasteiger partial charge >= 0.3 is 7.12 Å². The highest BCUT2D eigenvalue weighted by Crippen LogP contribution is 2.44. The van der Waals surface area contributed by atoms with Gasteiger partial charge in [-0.1, -0.05) is 294 Å². The van der Waals surface area contributed by atoms with Gasteiger partial charge < -0.3 is 14.5 Å². The third-order valence-electron chi connectivity index (χ3n) is 16.9. The lowest BCUT2D eigenvalue weighted by molar-refractivity contribution is 0.425. The summed E-state index contributed by atoms with van der Waals surface area (Å²) >= 11 is 6.94. The zero-order valence-electron chi connectivity index (χ0n) is 49.4. The first-order valence-corrected chi connectivity index (χ1v) is 31.8. The summed E-state index contributed by atoms with van der Waals surface area (Å²) < 4.78 is 7.67. The van der Waals surface area contributed by atoms with Crippen molar-refractivity contribution in [1.29, 1.82) is 0 Å². The highest BCUT2D eigenvalue weighted by molar-refractivity contribution is 9.10. The molecule has 0 radical (unpaired) electrons. The van der Waals surface area contributed by atoms with Crippen molar-refractivity contribution in [2.24, 2.45) is 0 Å². The smallest absolute Gasteiger partial charge is 0.456 e. The zero-order chi connectivity index (χ0) is 62.1. The molecule has 446 valence electrons. The van der Waals surface area contributed by atoms with Gasteiger partial charge in [-0.15, -0.1) is 0 Å². The maximum Gasteiger partial charge on any atom is 0.492 e. The Labute approximate surface area is 556 Å². The van der Waals surface area contributed by atoms with Gasteiger partial charge in [-0.3, -0.25) is 0 Å². The predicted molar refractivity (Wildman–Crippen MR) is 385 cm³/mol. The molecule has 0 spiro atoms. The fraction of sp³-hybridized carbons (Fsp3) is 0.0370. The van der Waals surface area contributed by atoms with Crippen molar-refractivity contribution in [3.05, 3.63) is 316 Å². The van der Waals surface area contributed by atoms with E-state index in [-0.39, 0.29) is 7.43 Å². The standard InChI is InChI=1S/C47H31N3.C21H13Br2N3.C12H9BO3.CH4/c1-2-10-32(11-3-1)45-48-46(33-24-20-30(21-25-33)37-16-8-18-41-39-14-6-4-12-35(39)28-43(37)41)50-47(49-45)34-26-22-31(23-27-34)38-17-9-19-42-40-15-7-5-13-36(40)29-44(38)42;22-17-10-6-15(7-11-17)20-24-19(14-4-2-1-3-5-14)25-21(26-20)16-8-12-18(23)13-9-16;14-13(15)10-6-3-5-9-8-4-1-2-7-11(8)16-12(9)10;/h1-27H,28-29H2;1-13H;1-7,14-15H;1H4. The number of halogens is 2. The van der Waals surface area contributed by atoms with Crippen LogP contribution in [0.15, 0.2) is 298 Å². The molecule has 12 aromatic carbocycles. The molecule has 17 rings (SSSR count). The van der Waals surface area contributed by atoms with Crippen molar-refractivity contribution < 1.29 is 14.5 Å². The quantitative estimate of drug-likeness (QED) is 0.136. The molecule has 0 fully saturated rings. The Bertz CT molecular complexity index is 4980. The maximum atomic E-state index is 9.24. The molecule has 9 nitrogen and oxygen atoms in total. The van der Waals surface area contributed by atoms with Gasteiger partial charge in [-0.25, -0.2) is 29.9 Å². The van der Waals surface area contributed by atoms with Crippen molar-refractivity contribution in [3.8, 4) is 113 Å². The van der Waals surface area contributed by atoms with Crippen molar-refractivity contribution in [2.75, 3.05) is 0 Å². The van der Waals surface area contributed by atoms with Gasteiger partial charge in [0.1, 0.15) is 11.2 Å². The molecular formula is C81H57BBr2N6O3.